The van der Waals surface area contributed by atoms with Crippen molar-refractivity contribution in [2.45, 2.75) is 38.5 Å². The maximum Gasteiger partial charge on any atom is 0.407 e. The number of aliphatic hydroxyl groups is 1. The summed E-state index contributed by atoms with van der Waals surface area (Å²) in [5, 5.41) is 23.3. The van der Waals surface area contributed by atoms with E-state index in [0.717, 1.165) is 5.56 Å². The summed E-state index contributed by atoms with van der Waals surface area (Å²) in [7, 11) is 0. The van der Waals surface area contributed by atoms with Gasteiger partial charge in [-0.1, -0.05) is 30.3 Å². The molecule has 1 aromatic rings. The number of benzene rings is 1. The van der Waals surface area contributed by atoms with Gasteiger partial charge in [0.25, 0.3) is 0 Å². The molecule has 1 aromatic carbocycles. The summed E-state index contributed by atoms with van der Waals surface area (Å²) in [4.78, 5) is 45.9. The molecule has 154 valence electrons. The van der Waals surface area contributed by atoms with Gasteiger partial charge in [0, 0.05) is 6.54 Å². The van der Waals surface area contributed by atoms with Gasteiger partial charge in [-0.05, 0) is 12.5 Å². The second-order valence-electron chi connectivity index (χ2n) is 5.77. The van der Waals surface area contributed by atoms with Crippen molar-refractivity contribution in [3.8, 4) is 0 Å². The molecule has 0 spiro atoms. The number of hydrogen-bond acceptors (Lipinski definition) is 7. The molecule has 0 aliphatic rings. The number of carboxylic acids is 1. The fourth-order valence-electron chi connectivity index (χ4n) is 2.10. The molecule has 0 aliphatic heterocycles. The molecule has 0 radical (unpaired) electrons. The molecule has 0 aromatic heterocycles. The molecule has 10 heteroatoms. The number of ether oxygens (including phenoxy) is 2. The standard InChI is InChI=1S/C18H24N2O8/c1-2-27-16(23)9-14(17(24)25)20-15(22)8-13(21)10-19-18(26)28-11-12-6-4-3-5-7-12/h3-7,13-14,21H,2,8-11H2,1H3,(H,19,26)(H,20,22)(H,24,25)/t13-,14-/m0/s1. The average molecular weight is 396 g/mol. The Morgan fingerprint density at radius 3 is 2.36 bits per heavy atom. The first-order valence-corrected chi connectivity index (χ1v) is 8.62. The van der Waals surface area contributed by atoms with Crippen molar-refractivity contribution in [3.63, 3.8) is 0 Å². The number of carbonyl (C=O) groups is 4. The number of carboxylic acid groups (broad SMARTS) is 1. The number of hydrogen-bond donors (Lipinski definition) is 4. The van der Waals surface area contributed by atoms with E-state index < -0.39 is 48.9 Å². The molecule has 0 unspecified atom stereocenters. The minimum Gasteiger partial charge on any atom is -0.480 e. The molecule has 0 bridgehead atoms. The smallest absolute Gasteiger partial charge is 0.407 e. The van der Waals surface area contributed by atoms with E-state index in [9.17, 15) is 24.3 Å². The zero-order valence-corrected chi connectivity index (χ0v) is 15.4. The number of aliphatic carboxylic acids is 1. The minimum absolute atomic E-state index is 0.0530. The molecular weight excluding hydrogens is 372 g/mol. The van der Waals surface area contributed by atoms with Gasteiger partial charge in [-0.2, -0.15) is 0 Å². The Morgan fingerprint density at radius 1 is 1.07 bits per heavy atom. The molecule has 0 fully saturated rings. The summed E-state index contributed by atoms with van der Waals surface area (Å²) >= 11 is 0. The number of rotatable bonds is 11. The lowest BCUT2D eigenvalue weighted by Crippen LogP contribution is -2.44. The average Bonchev–Trinajstić information content (AvgIpc) is 2.65. The summed E-state index contributed by atoms with van der Waals surface area (Å²) in [6.45, 7) is 1.44. The van der Waals surface area contributed by atoms with Crippen LogP contribution in [0.15, 0.2) is 30.3 Å². The normalized spacial score (nSPS) is 12.4. The van der Waals surface area contributed by atoms with Crippen LogP contribution >= 0.6 is 0 Å². The summed E-state index contributed by atoms with van der Waals surface area (Å²) in [5.41, 5.74) is 0.791. The molecule has 28 heavy (non-hydrogen) atoms. The van der Waals surface area contributed by atoms with E-state index in [2.05, 4.69) is 15.4 Å². The van der Waals surface area contributed by atoms with Crippen LogP contribution in [0.4, 0.5) is 4.79 Å². The third kappa shape index (κ3) is 9.53. The van der Waals surface area contributed by atoms with Gasteiger partial charge in [-0.15, -0.1) is 0 Å². The number of nitrogens with one attached hydrogen (secondary N) is 2. The van der Waals surface area contributed by atoms with Gasteiger partial charge >= 0.3 is 18.0 Å². The highest BCUT2D eigenvalue weighted by molar-refractivity contribution is 5.87. The largest absolute Gasteiger partial charge is 0.480 e. The first kappa shape index (κ1) is 22.9. The molecule has 0 saturated carbocycles. The lowest BCUT2D eigenvalue weighted by molar-refractivity contribution is -0.150. The van der Waals surface area contributed by atoms with E-state index in [-0.39, 0.29) is 19.8 Å². The predicted molar refractivity (Wildman–Crippen MR) is 96.1 cm³/mol. The Kier molecular flexibility index (Phi) is 10.0. The highest BCUT2D eigenvalue weighted by Crippen LogP contribution is 2.01. The van der Waals surface area contributed by atoms with Gasteiger partial charge in [0.05, 0.1) is 25.6 Å². The number of esters is 1. The zero-order chi connectivity index (χ0) is 20.9. The minimum atomic E-state index is -1.47. The van der Waals surface area contributed by atoms with Crippen LogP contribution in [-0.4, -0.2) is 59.4 Å². The van der Waals surface area contributed by atoms with E-state index in [1.165, 1.54) is 0 Å². The number of carbonyl (C=O) groups excluding carboxylic acids is 3. The van der Waals surface area contributed by atoms with Crippen LogP contribution in [0.2, 0.25) is 0 Å². The van der Waals surface area contributed by atoms with E-state index >= 15 is 0 Å². The van der Waals surface area contributed by atoms with Crippen LogP contribution in [0.3, 0.4) is 0 Å². The quantitative estimate of drug-likeness (QED) is 0.387. The first-order chi connectivity index (χ1) is 13.3. The summed E-state index contributed by atoms with van der Waals surface area (Å²) in [6, 6.07) is 7.51. The van der Waals surface area contributed by atoms with Gasteiger partial charge < -0.3 is 30.3 Å². The Balaban J connectivity index is 2.33. The van der Waals surface area contributed by atoms with Crippen molar-refractivity contribution >= 4 is 23.9 Å². The highest BCUT2D eigenvalue weighted by atomic mass is 16.5. The van der Waals surface area contributed by atoms with Crippen molar-refractivity contribution in [2.75, 3.05) is 13.2 Å². The van der Waals surface area contributed by atoms with Crippen LogP contribution in [0.1, 0.15) is 25.3 Å². The summed E-state index contributed by atoms with van der Waals surface area (Å²) < 4.78 is 9.60. The predicted octanol–water partition coefficient (Wildman–Crippen LogP) is 0.186. The SMILES string of the molecule is CCOC(=O)C[C@H](NC(=O)C[C@H](O)CNC(=O)OCc1ccccc1)C(=O)O. The number of amides is 2. The van der Waals surface area contributed by atoms with Crippen LogP contribution in [0.25, 0.3) is 0 Å². The van der Waals surface area contributed by atoms with Gasteiger partial charge in [0.15, 0.2) is 0 Å². The molecule has 2 atom stereocenters. The zero-order valence-electron chi connectivity index (χ0n) is 15.4. The van der Waals surface area contributed by atoms with Crippen LogP contribution < -0.4 is 10.6 Å². The Bertz CT molecular complexity index is 665. The third-order valence-electron chi connectivity index (χ3n) is 3.43. The van der Waals surface area contributed by atoms with Gasteiger partial charge in [0.2, 0.25) is 5.91 Å². The van der Waals surface area contributed by atoms with Crippen LogP contribution in [0.5, 0.6) is 0 Å². The Labute approximate surface area is 161 Å². The molecule has 4 N–H and O–H groups in total. The van der Waals surface area contributed by atoms with Crippen molar-refractivity contribution in [2.24, 2.45) is 0 Å². The maximum atomic E-state index is 11.8. The summed E-state index contributed by atoms with van der Waals surface area (Å²) in [6.07, 6.45) is -3.03. The molecule has 10 nitrogen and oxygen atoms in total. The van der Waals surface area contributed by atoms with E-state index in [1.54, 1.807) is 31.2 Å². The first-order valence-electron chi connectivity index (χ1n) is 8.62. The molecular formula is C18H24N2O8. The van der Waals surface area contributed by atoms with Gasteiger partial charge in [0.1, 0.15) is 12.6 Å². The highest BCUT2D eigenvalue weighted by Gasteiger charge is 2.25. The van der Waals surface area contributed by atoms with Gasteiger partial charge in [-0.3, -0.25) is 9.59 Å². The van der Waals surface area contributed by atoms with E-state index in [0.29, 0.717) is 0 Å². The summed E-state index contributed by atoms with van der Waals surface area (Å²) in [5.74, 6) is -2.96. The van der Waals surface area contributed by atoms with Gasteiger partial charge in [-0.25, -0.2) is 9.59 Å². The fraction of sp³-hybridized carbons (Fsp3) is 0.444. The lowest BCUT2D eigenvalue weighted by Gasteiger charge is -2.16. The second-order valence-corrected chi connectivity index (χ2v) is 5.77. The third-order valence-corrected chi connectivity index (χ3v) is 3.43. The van der Waals surface area contributed by atoms with Crippen molar-refractivity contribution < 1.29 is 38.9 Å². The second kappa shape index (κ2) is 12.3. The molecule has 0 aliphatic carbocycles. The van der Waals surface area contributed by atoms with E-state index in [4.69, 9.17) is 9.84 Å². The monoisotopic (exact) mass is 396 g/mol. The number of aliphatic hydroxyl groups excluding tert-OH is 1. The number of alkyl carbamates (subject to hydrolysis) is 1. The Hall–Kier alpha value is -3.14. The molecule has 0 heterocycles. The maximum absolute atomic E-state index is 11.8. The fourth-order valence-corrected chi connectivity index (χ4v) is 2.10. The van der Waals surface area contributed by atoms with Crippen molar-refractivity contribution in [1.82, 2.24) is 10.6 Å². The Morgan fingerprint density at radius 2 is 1.75 bits per heavy atom. The van der Waals surface area contributed by atoms with Crippen LogP contribution in [-0.2, 0) is 30.5 Å². The topological polar surface area (TPSA) is 151 Å². The van der Waals surface area contributed by atoms with Crippen molar-refractivity contribution in [3.05, 3.63) is 35.9 Å². The molecule has 2 amide bonds. The van der Waals surface area contributed by atoms with Crippen molar-refractivity contribution in [1.29, 1.82) is 0 Å². The molecule has 1 rings (SSSR count). The molecule has 0 saturated heterocycles. The van der Waals surface area contributed by atoms with E-state index in [1.807, 2.05) is 6.07 Å². The van der Waals surface area contributed by atoms with Crippen LogP contribution in [0, 0.1) is 0 Å². The lowest BCUT2D eigenvalue weighted by atomic mass is 10.2.